The van der Waals surface area contributed by atoms with Crippen molar-refractivity contribution in [2.45, 2.75) is 44.8 Å². The number of nitrogens with zero attached hydrogens (tertiary/aromatic N) is 3. The number of benzene rings is 2. The van der Waals surface area contributed by atoms with Crippen molar-refractivity contribution in [1.29, 1.82) is 0 Å². The van der Waals surface area contributed by atoms with Gasteiger partial charge in [-0.05, 0) is 67.9 Å². The molecule has 3 aliphatic rings. The van der Waals surface area contributed by atoms with Crippen molar-refractivity contribution in [3.8, 4) is 11.3 Å². The molecule has 1 saturated carbocycles. The van der Waals surface area contributed by atoms with Crippen LogP contribution in [0.25, 0.3) is 11.3 Å². The molecule has 0 radical (unpaired) electrons. The summed E-state index contributed by atoms with van der Waals surface area (Å²) in [5.41, 5.74) is 1.15. The minimum absolute atomic E-state index is 0.0456. The number of carbonyl (C=O) groups excluding carboxylic acids is 2. The highest BCUT2D eigenvalue weighted by atomic mass is 35.5. The largest absolute Gasteiger partial charge is 0.376 e. The minimum Gasteiger partial charge on any atom is -0.376 e. The van der Waals surface area contributed by atoms with Crippen molar-refractivity contribution < 1.29 is 23.2 Å². The molecule has 2 aliphatic heterocycles. The third-order valence-electron chi connectivity index (χ3n) is 8.02. The van der Waals surface area contributed by atoms with Crippen molar-refractivity contribution in [2.75, 3.05) is 26.2 Å². The zero-order valence-electron chi connectivity index (χ0n) is 21.7. The van der Waals surface area contributed by atoms with Gasteiger partial charge in [-0.15, -0.1) is 0 Å². The minimum atomic E-state index is -0.732. The molecule has 3 fully saturated rings. The molecule has 0 unspecified atom stereocenters. The van der Waals surface area contributed by atoms with E-state index in [1.54, 1.807) is 17.0 Å². The Hall–Kier alpha value is -3.23. The number of carbonyl (C=O) groups is 2. The number of halogens is 2. The lowest BCUT2D eigenvalue weighted by Crippen LogP contribution is -2.60. The molecule has 2 atom stereocenters. The maximum Gasteiger partial charge on any atom is 0.292 e. The molecular weight excluding hydrogens is 521 g/mol. The van der Waals surface area contributed by atoms with E-state index in [-0.39, 0.29) is 30.2 Å². The van der Waals surface area contributed by atoms with Gasteiger partial charge in [0, 0.05) is 49.4 Å². The number of hydrogen-bond acceptors (Lipinski definition) is 5. The van der Waals surface area contributed by atoms with Crippen LogP contribution in [-0.4, -0.2) is 59.1 Å². The average molecular weight is 552 g/mol. The van der Waals surface area contributed by atoms with Crippen LogP contribution < -0.4 is 0 Å². The highest BCUT2D eigenvalue weighted by Gasteiger charge is 2.51. The summed E-state index contributed by atoms with van der Waals surface area (Å²) in [4.78, 5) is 31.1. The van der Waals surface area contributed by atoms with Crippen molar-refractivity contribution in [3.63, 3.8) is 0 Å². The Morgan fingerprint density at radius 3 is 2.82 bits per heavy atom. The Kier molecular flexibility index (Phi) is 7.16. The number of ether oxygens (including phenoxy) is 1. The van der Waals surface area contributed by atoms with Gasteiger partial charge >= 0.3 is 0 Å². The molecule has 39 heavy (non-hydrogen) atoms. The number of aromatic nitrogens is 1. The smallest absolute Gasteiger partial charge is 0.292 e. The van der Waals surface area contributed by atoms with E-state index >= 15 is 0 Å². The molecule has 9 heteroatoms. The van der Waals surface area contributed by atoms with Crippen molar-refractivity contribution in [1.82, 2.24) is 15.0 Å². The molecule has 7 nitrogen and oxygen atoms in total. The van der Waals surface area contributed by atoms with Crippen LogP contribution in [0.5, 0.6) is 0 Å². The second-order valence-electron chi connectivity index (χ2n) is 11.1. The molecule has 0 bridgehead atoms. The lowest BCUT2D eigenvalue weighted by Gasteiger charge is -2.49. The van der Waals surface area contributed by atoms with Gasteiger partial charge in [-0.25, -0.2) is 4.39 Å². The van der Waals surface area contributed by atoms with Gasteiger partial charge in [0.1, 0.15) is 11.5 Å². The van der Waals surface area contributed by atoms with Gasteiger partial charge in [-0.3, -0.25) is 9.59 Å². The lowest BCUT2D eigenvalue weighted by atomic mass is 9.72. The van der Waals surface area contributed by atoms with Crippen LogP contribution in [0.15, 0.2) is 59.1 Å². The van der Waals surface area contributed by atoms with Crippen LogP contribution >= 0.6 is 11.6 Å². The first-order valence-corrected chi connectivity index (χ1v) is 13.9. The SMILES string of the molecule is O=C(c1cc(-c2cccc(F)c2)no1)N1CCC[C@]2(C[C@H](OCC3CC3)CN(Cc3cccc(Cl)c3)C2=O)C1. The summed E-state index contributed by atoms with van der Waals surface area (Å²) in [6.07, 6.45) is 4.26. The Bertz CT molecular complexity index is 1380. The Morgan fingerprint density at radius 1 is 1.18 bits per heavy atom. The number of rotatable bonds is 7. The van der Waals surface area contributed by atoms with Crippen LogP contribution in [0, 0.1) is 17.2 Å². The van der Waals surface area contributed by atoms with Crippen LogP contribution in [-0.2, 0) is 16.1 Å². The molecule has 2 saturated heterocycles. The van der Waals surface area contributed by atoms with Crippen LogP contribution in [0.2, 0.25) is 5.02 Å². The monoisotopic (exact) mass is 551 g/mol. The zero-order valence-corrected chi connectivity index (χ0v) is 22.4. The van der Waals surface area contributed by atoms with Gasteiger partial charge in [0.25, 0.3) is 5.91 Å². The number of amides is 2. The van der Waals surface area contributed by atoms with Crippen LogP contribution in [0.1, 0.15) is 48.2 Å². The third-order valence-corrected chi connectivity index (χ3v) is 8.25. The van der Waals surface area contributed by atoms with Crippen molar-refractivity contribution in [2.24, 2.45) is 11.3 Å². The van der Waals surface area contributed by atoms with Crippen LogP contribution in [0.3, 0.4) is 0 Å². The molecule has 3 aromatic rings. The highest BCUT2D eigenvalue weighted by Crippen LogP contribution is 2.42. The Morgan fingerprint density at radius 2 is 2.03 bits per heavy atom. The maximum absolute atomic E-state index is 14.0. The molecule has 2 amide bonds. The van der Waals surface area contributed by atoms with E-state index in [1.807, 2.05) is 29.2 Å². The predicted octanol–water partition coefficient (Wildman–Crippen LogP) is 5.58. The van der Waals surface area contributed by atoms with Gasteiger partial charge in [0.15, 0.2) is 0 Å². The quantitative estimate of drug-likeness (QED) is 0.383. The number of piperidine rings is 2. The molecule has 2 aromatic carbocycles. The van der Waals surface area contributed by atoms with E-state index in [0.717, 1.165) is 5.56 Å². The first kappa shape index (κ1) is 26.0. The molecule has 0 N–H and O–H groups in total. The van der Waals surface area contributed by atoms with Gasteiger partial charge < -0.3 is 19.1 Å². The van der Waals surface area contributed by atoms with E-state index in [2.05, 4.69) is 5.16 Å². The third kappa shape index (κ3) is 5.72. The fraction of sp³-hybridized carbons (Fsp3) is 0.433. The zero-order chi connectivity index (χ0) is 27.0. The molecule has 1 aromatic heterocycles. The van der Waals surface area contributed by atoms with E-state index in [4.69, 9.17) is 20.9 Å². The highest BCUT2D eigenvalue weighted by molar-refractivity contribution is 6.30. The molecule has 3 heterocycles. The predicted molar refractivity (Wildman–Crippen MR) is 143 cm³/mol. The lowest BCUT2D eigenvalue weighted by molar-refractivity contribution is -0.160. The first-order valence-electron chi connectivity index (χ1n) is 13.6. The van der Waals surface area contributed by atoms with Gasteiger partial charge in [0.2, 0.25) is 11.7 Å². The Balaban J connectivity index is 1.22. The summed E-state index contributed by atoms with van der Waals surface area (Å²) in [6.45, 7) is 2.48. The number of likely N-dealkylation sites (tertiary alicyclic amines) is 2. The summed E-state index contributed by atoms with van der Waals surface area (Å²) in [5.74, 6) is 0.0247. The summed E-state index contributed by atoms with van der Waals surface area (Å²) in [6, 6.07) is 15.1. The standard InChI is InChI=1S/C30H31ClFN3O4/c31-23-6-1-4-21(12-23)16-35-17-25(38-18-20-8-9-20)15-30(29(35)37)10-3-11-34(19-30)28(36)27-14-26(33-39-27)22-5-2-7-24(32)13-22/h1-2,4-7,12-14,20,25H,3,8-11,15-19H2/t25-,30-/m0/s1. The van der Waals surface area contributed by atoms with E-state index < -0.39 is 11.2 Å². The fourth-order valence-electron chi connectivity index (χ4n) is 5.87. The maximum atomic E-state index is 14.0. The fourth-order valence-corrected chi connectivity index (χ4v) is 6.09. The second kappa shape index (κ2) is 10.7. The van der Waals surface area contributed by atoms with E-state index in [9.17, 15) is 14.0 Å². The van der Waals surface area contributed by atoms with E-state index in [1.165, 1.54) is 31.0 Å². The van der Waals surface area contributed by atoms with Gasteiger partial charge in [-0.2, -0.15) is 0 Å². The summed E-state index contributed by atoms with van der Waals surface area (Å²) < 4.78 is 25.4. The normalized spacial score (nSPS) is 23.4. The Labute approximate surface area is 231 Å². The number of hydrogen-bond donors (Lipinski definition) is 0. The second-order valence-corrected chi connectivity index (χ2v) is 11.6. The topological polar surface area (TPSA) is 75.9 Å². The summed E-state index contributed by atoms with van der Waals surface area (Å²) in [5, 5.41) is 4.62. The first-order chi connectivity index (χ1) is 18.9. The van der Waals surface area contributed by atoms with Gasteiger partial charge in [0.05, 0.1) is 11.5 Å². The van der Waals surface area contributed by atoms with E-state index in [0.29, 0.717) is 67.7 Å². The molecule has 1 spiro atoms. The molecule has 204 valence electrons. The van der Waals surface area contributed by atoms with Crippen molar-refractivity contribution in [3.05, 3.63) is 76.8 Å². The average Bonchev–Trinajstić information content (AvgIpc) is 3.63. The molecule has 1 aliphatic carbocycles. The van der Waals surface area contributed by atoms with Gasteiger partial charge in [-0.1, -0.05) is 41.0 Å². The summed E-state index contributed by atoms with van der Waals surface area (Å²) >= 11 is 6.22. The molecular formula is C30H31ClFN3O4. The molecule has 6 rings (SSSR count). The van der Waals surface area contributed by atoms with Crippen molar-refractivity contribution >= 4 is 23.4 Å². The van der Waals surface area contributed by atoms with Crippen LogP contribution in [0.4, 0.5) is 4.39 Å². The summed E-state index contributed by atoms with van der Waals surface area (Å²) in [7, 11) is 0.